The molecule has 0 rings (SSSR count). The van der Waals surface area contributed by atoms with Crippen molar-refractivity contribution in [3.8, 4) is 0 Å². The molecule has 0 atom stereocenters. The highest BCUT2D eigenvalue weighted by atomic mass is 32.1. The minimum absolute atomic E-state index is 0.100. The van der Waals surface area contributed by atoms with Crippen molar-refractivity contribution in [3.05, 3.63) is 0 Å². The van der Waals surface area contributed by atoms with Gasteiger partial charge in [-0.25, -0.2) is 0 Å². The number of thiocarbonyl (C=S) groups is 1. The second-order valence-corrected chi connectivity index (χ2v) is 2.91. The molecular formula is C6H13N2O2S+. The van der Waals surface area contributed by atoms with Gasteiger partial charge in [-0.1, -0.05) is 0 Å². The van der Waals surface area contributed by atoms with Crippen LogP contribution in [0.15, 0.2) is 0 Å². The van der Waals surface area contributed by atoms with Gasteiger partial charge in [0.05, 0.1) is 20.7 Å². The third-order valence-electron chi connectivity index (χ3n) is 1.28. The third-order valence-corrected chi connectivity index (χ3v) is 1.73. The highest BCUT2D eigenvalue weighted by Gasteiger charge is 2.31. The number of ether oxygens (including phenoxy) is 1. The van der Waals surface area contributed by atoms with Crippen molar-refractivity contribution in [2.45, 2.75) is 6.92 Å². The van der Waals surface area contributed by atoms with Gasteiger partial charge in [-0.15, -0.1) is 0 Å². The van der Waals surface area contributed by atoms with Gasteiger partial charge in [-0.05, 0) is 6.92 Å². The van der Waals surface area contributed by atoms with Crippen LogP contribution in [0.25, 0.3) is 0 Å². The summed E-state index contributed by atoms with van der Waals surface area (Å²) in [5.74, 6) is 0. The number of nitrogens with zero attached hydrogens (tertiary/aromatic N) is 1. The molecule has 5 heteroatoms. The zero-order chi connectivity index (χ0) is 9.07. The normalized spacial score (nSPS) is 10.8. The van der Waals surface area contributed by atoms with Crippen LogP contribution < -0.4 is 5.73 Å². The molecule has 4 nitrogen and oxygen atoms in total. The van der Waals surface area contributed by atoms with Gasteiger partial charge in [-0.2, -0.15) is 9.28 Å². The zero-order valence-electron chi connectivity index (χ0n) is 6.96. The average Bonchev–Trinajstić information content (AvgIpc) is 1.88. The monoisotopic (exact) mass is 177 g/mol. The quantitative estimate of drug-likeness (QED) is 0.467. The molecule has 0 radical (unpaired) electrons. The first-order valence-corrected chi connectivity index (χ1v) is 3.65. The molecule has 11 heavy (non-hydrogen) atoms. The Balaban J connectivity index is 4.30. The van der Waals surface area contributed by atoms with Crippen LogP contribution in [-0.4, -0.2) is 36.4 Å². The van der Waals surface area contributed by atoms with Gasteiger partial charge in [0.25, 0.3) is 5.11 Å². The summed E-state index contributed by atoms with van der Waals surface area (Å²) in [6, 6.07) is 0. The minimum atomic E-state index is -0.431. The van der Waals surface area contributed by atoms with E-state index in [1.54, 1.807) is 21.0 Å². The summed E-state index contributed by atoms with van der Waals surface area (Å²) in [4.78, 5) is 11.1. The Bertz CT molecular complexity index is 179. The Kier molecular flexibility index (Phi) is 3.41. The second-order valence-electron chi connectivity index (χ2n) is 2.49. The van der Waals surface area contributed by atoms with Gasteiger partial charge < -0.3 is 10.5 Å². The maximum absolute atomic E-state index is 11.1. The highest BCUT2D eigenvalue weighted by molar-refractivity contribution is 7.79. The van der Waals surface area contributed by atoms with E-state index in [2.05, 4.69) is 12.2 Å². The first kappa shape index (κ1) is 10.3. The summed E-state index contributed by atoms with van der Waals surface area (Å²) in [6.07, 6.45) is -0.431. The molecule has 0 bridgehead atoms. The van der Waals surface area contributed by atoms with Crippen molar-refractivity contribution < 1.29 is 14.0 Å². The standard InChI is InChI=1S/C6H12N2O2S/c1-4-10-6(9)8(2,3)5(7)11/h4H2,1-3H3,(H-,7,11)/p+1. The number of carbonyl (C=O) groups excluding carboxylic acids is 1. The van der Waals surface area contributed by atoms with E-state index in [9.17, 15) is 4.79 Å². The number of amides is 1. The molecule has 2 N–H and O–H groups in total. The van der Waals surface area contributed by atoms with Gasteiger partial charge in [0.15, 0.2) is 0 Å². The van der Waals surface area contributed by atoms with Crippen molar-refractivity contribution in [1.29, 1.82) is 0 Å². The number of carbonyl (C=O) groups is 1. The van der Waals surface area contributed by atoms with E-state index in [1.807, 2.05) is 0 Å². The van der Waals surface area contributed by atoms with Gasteiger partial charge in [0, 0.05) is 12.2 Å². The highest BCUT2D eigenvalue weighted by Crippen LogP contribution is 2.00. The topological polar surface area (TPSA) is 52.3 Å². The Morgan fingerprint density at radius 1 is 1.64 bits per heavy atom. The van der Waals surface area contributed by atoms with Gasteiger partial charge >= 0.3 is 6.09 Å². The van der Waals surface area contributed by atoms with Crippen LogP contribution in [0.3, 0.4) is 0 Å². The number of hydrogen-bond acceptors (Lipinski definition) is 3. The molecule has 0 aliphatic carbocycles. The lowest BCUT2D eigenvalue weighted by molar-refractivity contribution is -0.719. The van der Waals surface area contributed by atoms with E-state index in [1.165, 1.54) is 0 Å². The van der Waals surface area contributed by atoms with Gasteiger partial charge in [0.1, 0.15) is 0 Å². The van der Waals surface area contributed by atoms with Crippen LogP contribution >= 0.6 is 12.2 Å². The molecule has 0 spiro atoms. The number of hydrogen-bond donors (Lipinski definition) is 1. The maximum Gasteiger partial charge on any atom is 0.522 e. The summed E-state index contributed by atoms with van der Waals surface area (Å²) in [6.45, 7) is 2.07. The molecule has 0 aliphatic heterocycles. The van der Waals surface area contributed by atoms with E-state index in [4.69, 9.17) is 10.5 Å². The lowest BCUT2D eigenvalue weighted by Crippen LogP contribution is -2.53. The van der Waals surface area contributed by atoms with Crippen molar-refractivity contribution in [1.82, 2.24) is 0 Å². The van der Waals surface area contributed by atoms with E-state index in [0.717, 1.165) is 0 Å². The fraction of sp³-hybridized carbons (Fsp3) is 0.667. The predicted molar refractivity (Wildman–Crippen MR) is 45.9 cm³/mol. The largest absolute Gasteiger partial charge is 0.522 e. The van der Waals surface area contributed by atoms with Crippen LogP contribution in [0.5, 0.6) is 0 Å². The van der Waals surface area contributed by atoms with E-state index < -0.39 is 6.09 Å². The van der Waals surface area contributed by atoms with Crippen LogP contribution in [0.1, 0.15) is 6.92 Å². The summed E-state index contributed by atoms with van der Waals surface area (Å²) < 4.78 is 4.53. The molecule has 0 unspecified atom stereocenters. The average molecular weight is 177 g/mol. The fourth-order valence-corrected chi connectivity index (χ4v) is 0.449. The summed E-state index contributed by atoms with van der Waals surface area (Å²) in [5.41, 5.74) is 5.30. The summed E-state index contributed by atoms with van der Waals surface area (Å²) in [7, 11) is 3.17. The van der Waals surface area contributed by atoms with E-state index in [0.29, 0.717) is 6.61 Å². The lowest BCUT2D eigenvalue weighted by Gasteiger charge is -2.21. The molecule has 0 heterocycles. The maximum atomic E-state index is 11.1. The molecule has 0 aliphatic rings. The van der Waals surface area contributed by atoms with E-state index in [-0.39, 0.29) is 9.60 Å². The number of nitrogens with two attached hydrogens (primary N) is 1. The first-order chi connectivity index (χ1) is 4.92. The molecule has 0 aromatic rings. The molecule has 0 saturated carbocycles. The summed E-state index contributed by atoms with van der Waals surface area (Å²) >= 11 is 4.67. The second kappa shape index (κ2) is 3.64. The fourth-order valence-electron chi connectivity index (χ4n) is 0.375. The third kappa shape index (κ3) is 2.44. The Morgan fingerprint density at radius 3 is 2.36 bits per heavy atom. The van der Waals surface area contributed by atoms with Crippen LogP contribution in [0, 0.1) is 0 Å². The summed E-state index contributed by atoms with van der Waals surface area (Å²) in [5, 5.41) is 0.100. The zero-order valence-corrected chi connectivity index (χ0v) is 7.77. The van der Waals surface area contributed by atoms with Gasteiger partial charge in [0.2, 0.25) is 0 Å². The molecule has 0 fully saturated rings. The molecule has 0 aromatic heterocycles. The molecular weight excluding hydrogens is 164 g/mol. The Morgan fingerprint density at radius 2 is 2.09 bits per heavy atom. The van der Waals surface area contributed by atoms with Crippen LogP contribution in [-0.2, 0) is 4.74 Å². The van der Waals surface area contributed by atoms with E-state index >= 15 is 0 Å². The van der Waals surface area contributed by atoms with Crippen LogP contribution in [0.2, 0.25) is 0 Å². The first-order valence-electron chi connectivity index (χ1n) is 3.24. The van der Waals surface area contributed by atoms with Crippen molar-refractivity contribution in [2.75, 3.05) is 20.7 Å². The van der Waals surface area contributed by atoms with Gasteiger partial charge in [-0.3, -0.25) is 0 Å². The van der Waals surface area contributed by atoms with Crippen molar-refractivity contribution in [2.24, 2.45) is 5.73 Å². The SMILES string of the molecule is CCOC(=O)[N+](C)(C)C(N)=S. The lowest BCUT2D eigenvalue weighted by atomic mass is 10.6. The molecule has 0 saturated heterocycles. The number of rotatable bonds is 1. The Labute approximate surface area is 71.5 Å². The number of quaternary nitrogens is 1. The minimum Gasteiger partial charge on any atom is -0.420 e. The molecule has 64 valence electrons. The van der Waals surface area contributed by atoms with Crippen molar-refractivity contribution >= 4 is 23.4 Å². The predicted octanol–water partition coefficient (Wildman–Crippen LogP) is 0.463. The van der Waals surface area contributed by atoms with Crippen LogP contribution in [0.4, 0.5) is 4.79 Å². The Hall–Kier alpha value is -0.680. The smallest absolute Gasteiger partial charge is 0.420 e. The molecule has 1 amide bonds. The van der Waals surface area contributed by atoms with Crippen molar-refractivity contribution in [3.63, 3.8) is 0 Å². The molecule has 0 aromatic carbocycles.